The van der Waals surface area contributed by atoms with Crippen LogP contribution < -0.4 is 10.6 Å². The van der Waals surface area contributed by atoms with E-state index in [0.717, 1.165) is 0 Å². The van der Waals surface area contributed by atoms with Gasteiger partial charge in [-0.15, -0.1) is 0 Å². The van der Waals surface area contributed by atoms with Crippen molar-refractivity contribution in [1.82, 2.24) is 0 Å². The van der Waals surface area contributed by atoms with E-state index in [2.05, 4.69) is 0 Å². The summed E-state index contributed by atoms with van der Waals surface area (Å²) in [6, 6.07) is 10.4. The van der Waals surface area contributed by atoms with E-state index in [1.54, 1.807) is 24.1 Å². The largest absolute Gasteiger partial charge is 0.478 e. The minimum absolute atomic E-state index is 0.132. The molecule has 0 spiro atoms. The Hall–Kier alpha value is -2.56. The normalized spacial score (nSPS) is 10.2. The monoisotopic (exact) mass is 260 g/mol. The van der Waals surface area contributed by atoms with Crippen molar-refractivity contribution in [2.75, 3.05) is 17.7 Å². The summed E-state index contributed by atoms with van der Waals surface area (Å²) < 4.78 is 13.2. The third-order valence-corrected chi connectivity index (χ3v) is 2.83. The lowest BCUT2D eigenvalue weighted by atomic mass is 10.1. The second-order valence-electron chi connectivity index (χ2n) is 4.12. The van der Waals surface area contributed by atoms with Crippen LogP contribution in [0.15, 0.2) is 42.5 Å². The van der Waals surface area contributed by atoms with Gasteiger partial charge in [-0.2, -0.15) is 0 Å². The molecule has 2 aromatic rings. The number of nitrogens with zero attached hydrogens (tertiary/aromatic N) is 1. The summed E-state index contributed by atoms with van der Waals surface area (Å²) in [6.45, 7) is 0. The van der Waals surface area contributed by atoms with Gasteiger partial charge in [0.05, 0.1) is 16.9 Å². The zero-order valence-corrected chi connectivity index (χ0v) is 10.3. The van der Waals surface area contributed by atoms with E-state index in [0.29, 0.717) is 17.1 Å². The molecule has 0 amide bonds. The second kappa shape index (κ2) is 4.97. The Kier molecular flexibility index (Phi) is 3.37. The van der Waals surface area contributed by atoms with E-state index < -0.39 is 5.97 Å². The van der Waals surface area contributed by atoms with Crippen LogP contribution in [-0.2, 0) is 0 Å². The van der Waals surface area contributed by atoms with Gasteiger partial charge in [-0.25, -0.2) is 9.18 Å². The Bertz CT molecular complexity index is 629. The molecular formula is C14H13FN2O2. The molecule has 0 aliphatic heterocycles. The number of carboxylic acids is 1. The number of anilines is 3. The Morgan fingerprint density at radius 1 is 1.26 bits per heavy atom. The molecule has 0 aromatic heterocycles. The Morgan fingerprint density at radius 2 is 2.00 bits per heavy atom. The molecule has 4 nitrogen and oxygen atoms in total. The summed E-state index contributed by atoms with van der Waals surface area (Å²) in [4.78, 5) is 12.6. The lowest BCUT2D eigenvalue weighted by Gasteiger charge is -2.21. The summed E-state index contributed by atoms with van der Waals surface area (Å²) in [5, 5.41) is 8.98. The Morgan fingerprint density at radius 3 is 2.63 bits per heavy atom. The van der Waals surface area contributed by atoms with Crippen molar-refractivity contribution in [2.45, 2.75) is 0 Å². The smallest absolute Gasteiger partial charge is 0.335 e. The number of aromatic carboxylic acids is 1. The zero-order valence-electron chi connectivity index (χ0n) is 10.3. The van der Waals surface area contributed by atoms with E-state index in [9.17, 15) is 9.18 Å². The second-order valence-corrected chi connectivity index (χ2v) is 4.12. The highest BCUT2D eigenvalue weighted by atomic mass is 19.1. The summed E-state index contributed by atoms with van der Waals surface area (Å²) in [5.41, 5.74) is 7.51. The number of rotatable bonds is 3. The fraction of sp³-hybridized carbons (Fsp3) is 0.0714. The highest BCUT2D eigenvalue weighted by Gasteiger charge is 2.12. The van der Waals surface area contributed by atoms with E-state index in [1.807, 2.05) is 0 Å². The van der Waals surface area contributed by atoms with E-state index >= 15 is 0 Å². The summed E-state index contributed by atoms with van der Waals surface area (Å²) in [5.74, 6) is -1.40. The number of carbonyl (C=O) groups is 1. The molecule has 0 bridgehead atoms. The van der Waals surface area contributed by atoms with Crippen molar-refractivity contribution in [3.8, 4) is 0 Å². The molecule has 19 heavy (non-hydrogen) atoms. The van der Waals surface area contributed by atoms with Gasteiger partial charge in [0.1, 0.15) is 5.82 Å². The molecule has 3 N–H and O–H groups in total. The molecule has 0 aliphatic rings. The number of hydrogen-bond acceptors (Lipinski definition) is 3. The van der Waals surface area contributed by atoms with Gasteiger partial charge in [-0.1, -0.05) is 6.07 Å². The fourth-order valence-corrected chi connectivity index (χ4v) is 1.79. The lowest BCUT2D eigenvalue weighted by molar-refractivity contribution is 0.0697. The van der Waals surface area contributed by atoms with Crippen molar-refractivity contribution in [3.63, 3.8) is 0 Å². The average Bonchev–Trinajstić information content (AvgIpc) is 2.38. The number of nitrogen functional groups attached to an aromatic ring is 1. The lowest BCUT2D eigenvalue weighted by Crippen LogP contribution is -2.13. The van der Waals surface area contributed by atoms with Gasteiger partial charge >= 0.3 is 5.97 Å². The van der Waals surface area contributed by atoms with Gasteiger partial charge in [-0.05, 0) is 36.4 Å². The van der Waals surface area contributed by atoms with E-state index in [1.165, 1.54) is 30.3 Å². The molecule has 0 saturated carbocycles. The number of halogens is 1. The maximum Gasteiger partial charge on any atom is 0.335 e. The molecule has 98 valence electrons. The number of hydrogen-bond donors (Lipinski definition) is 2. The molecule has 2 rings (SSSR count). The standard InChI is InChI=1S/C14H13FN2O2/c1-17(11-4-2-3-10(15)8-11)13-7-9(14(18)19)5-6-12(13)16/h2-8H,16H2,1H3,(H,18,19). The van der Waals surface area contributed by atoms with Crippen LogP contribution in [0.4, 0.5) is 21.5 Å². The SMILES string of the molecule is CN(c1cccc(F)c1)c1cc(C(=O)O)ccc1N. The molecule has 0 unspecified atom stereocenters. The van der Waals surface area contributed by atoms with Crippen molar-refractivity contribution >= 4 is 23.0 Å². The molecule has 0 fully saturated rings. The third kappa shape index (κ3) is 2.65. The van der Waals surface area contributed by atoms with Crippen molar-refractivity contribution in [3.05, 3.63) is 53.8 Å². The van der Waals surface area contributed by atoms with Gasteiger partial charge in [-0.3, -0.25) is 0 Å². The van der Waals surface area contributed by atoms with Gasteiger partial charge in [0.15, 0.2) is 0 Å². The molecule has 0 aliphatic carbocycles. The van der Waals surface area contributed by atoms with Crippen molar-refractivity contribution in [2.24, 2.45) is 0 Å². The van der Waals surface area contributed by atoms with Gasteiger partial charge in [0.2, 0.25) is 0 Å². The summed E-state index contributed by atoms with van der Waals surface area (Å²) in [6.07, 6.45) is 0. The first kappa shape index (κ1) is 12.9. The van der Waals surface area contributed by atoms with Gasteiger partial charge in [0, 0.05) is 12.7 Å². The molecule has 0 heterocycles. The fourth-order valence-electron chi connectivity index (χ4n) is 1.79. The predicted octanol–water partition coefficient (Wildman–Crippen LogP) is 2.87. The molecule has 2 aromatic carbocycles. The maximum absolute atomic E-state index is 13.2. The molecule has 0 saturated heterocycles. The quantitative estimate of drug-likeness (QED) is 0.833. The van der Waals surface area contributed by atoms with Crippen LogP contribution in [-0.4, -0.2) is 18.1 Å². The molecule has 0 radical (unpaired) electrons. The highest BCUT2D eigenvalue weighted by Crippen LogP contribution is 2.30. The van der Waals surface area contributed by atoms with E-state index in [4.69, 9.17) is 10.8 Å². The van der Waals surface area contributed by atoms with Gasteiger partial charge in [0.25, 0.3) is 0 Å². The zero-order chi connectivity index (χ0) is 14.0. The molecule has 0 atom stereocenters. The first-order valence-electron chi connectivity index (χ1n) is 5.61. The number of nitrogens with two attached hydrogens (primary N) is 1. The van der Waals surface area contributed by atoms with Crippen LogP contribution in [0.1, 0.15) is 10.4 Å². The van der Waals surface area contributed by atoms with Crippen LogP contribution in [0.2, 0.25) is 0 Å². The minimum atomic E-state index is -1.03. The first-order chi connectivity index (χ1) is 8.99. The summed E-state index contributed by atoms with van der Waals surface area (Å²) in [7, 11) is 1.70. The average molecular weight is 260 g/mol. The van der Waals surface area contributed by atoms with E-state index in [-0.39, 0.29) is 11.4 Å². The van der Waals surface area contributed by atoms with Gasteiger partial charge < -0.3 is 15.7 Å². The Balaban J connectivity index is 2.46. The van der Waals surface area contributed by atoms with Crippen LogP contribution in [0.3, 0.4) is 0 Å². The van der Waals surface area contributed by atoms with Crippen LogP contribution in [0.5, 0.6) is 0 Å². The number of carboxylic acid groups (broad SMARTS) is 1. The van der Waals surface area contributed by atoms with Crippen LogP contribution >= 0.6 is 0 Å². The minimum Gasteiger partial charge on any atom is -0.478 e. The summed E-state index contributed by atoms with van der Waals surface area (Å²) >= 11 is 0. The van der Waals surface area contributed by atoms with Crippen molar-refractivity contribution in [1.29, 1.82) is 0 Å². The highest BCUT2D eigenvalue weighted by molar-refractivity contribution is 5.91. The first-order valence-corrected chi connectivity index (χ1v) is 5.61. The maximum atomic E-state index is 13.2. The van der Waals surface area contributed by atoms with Crippen LogP contribution in [0, 0.1) is 5.82 Å². The van der Waals surface area contributed by atoms with Crippen molar-refractivity contribution < 1.29 is 14.3 Å². The number of benzene rings is 2. The Labute approximate surface area is 109 Å². The third-order valence-electron chi connectivity index (χ3n) is 2.83. The molecular weight excluding hydrogens is 247 g/mol. The predicted molar refractivity (Wildman–Crippen MR) is 72.3 cm³/mol. The molecule has 5 heteroatoms. The van der Waals surface area contributed by atoms with Crippen LogP contribution in [0.25, 0.3) is 0 Å². The topological polar surface area (TPSA) is 66.6 Å².